The molecule has 0 saturated carbocycles. The second-order valence-electron chi connectivity index (χ2n) is 5.13. The molecule has 1 aromatic carbocycles. The molecule has 4 nitrogen and oxygen atoms in total. The van der Waals surface area contributed by atoms with Gasteiger partial charge < -0.3 is 15.2 Å². The highest BCUT2D eigenvalue weighted by Gasteiger charge is 2.13. The largest absolute Gasteiger partial charge is 0.384 e. The maximum absolute atomic E-state index is 7.41. The second kappa shape index (κ2) is 6.68. The van der Waals surface area contributed by atoms with Crippen LogP contribution in [0.1, 0.15) is 29.5 Å². The van der Waals surface area contributed by atoms with Crippen LogP contribution in [0.3, 0.4) is 0 Å². The Bertz CT molecular complexity index is 440. The van der Waals surface area contributed by atoms with Crippen molar-refractivity contribution < 1.29 is 9.47 Å². The lowest BCUT2D eigenvalue weighted by Crippen LogP contribution is -2.20. The van der Waals surface area contributed by atoms with Gasteiger partial charge in [0.05, 0.1) is 13.2 Å². The van der Waals surface area contributed by atoms with Crippen molar-refractivity contribution in [3.05, 3.63) is 34.9 Å². The van der Waals surface area contributed by atoms with Gasteiger partial charge in [0.15, 0.2) is 0 Å². The van der Waals surface area contributed by atoms with Crippen molar-refractivity contribution in [1.29, 1.82) is 5.41 Å². The fourth-order valence-corrected chi connectivity index (χ4v) is 2.27. The molecule has 1 heterocycles. The highest BCUT2D eigenvalue weighted by molar-refractivity contribution is 5.95. The van der Waals surface area contributed by atoms with E-state index in [0.717, 1.165) is 49.4 Å². The third-order valence-corrected chi connectivity index (χ3v) is 3.61. The Morgan fingerprint density at radius 1 is 1.42 bits per heavy atom. The smallest absolute Gasteiger partial charge is 0.122 e. The number of hydrogen-bond donors (Lipinski definition) is 2. The molecule has 0 radical (unpaired) electrons. The Morgan fingerprint density at radius 2 is 2.16 bits per heavy atom. The zero-order chi connectivity index (χ0) is 13.7. The summed E-state index contributed by atoms with van der Waals surface area (Å²) in [6.45, 7) is 5.18. The molecule has 3 N–H and O–H groups in total. The average Bonchev–Trinajstić information content (AvgIpc) is 2.41. The molecular formula is C15H22N2O2. The van der Waals surface area contributed by atoms with Crippen LogP contribution in [0, 0.1) is 18.3 Å². The molecule has 0 aliphatic carbocycles. The van der Waals surface area contributed by atoms with Crippen molar-refractivity contribution >= 4 is 5.84 Å². The maximum atomic E-state index is 7.41. The minimum atomic E-state index is 0.109. The summed E-state index contributed by atoms with van der Waals surface area (Å²) in [6.07, 6.45) is 2.20. The summed E-state index contributed by atoms with van der Waals surface area (Å²) >= 11 is 0. The van der Waals surface area contributed by atoms with E-state index in [-0.39, 0.29) is 5.84 Å². The van der Waals surface area contributed by atoms with Gasteiger partial charge in [0.2, 0.25) is 0 Å². The molecule has 1 saturated heterocycles. The summed E-state index contributed by atoms with van der Waals surface area (Å²) in [5, 5.41) is 7.41. The Morgan fingerprint density at radius 3 is 2.79 bits per heavy atom. The molecule has 1 aliphatic rings. The molecule has 1 fully saturated rings. The van der Waals surface area contributed by atoms with Gasteiger partial charge in [-0.3, -0.25) is 5.41 Å². The van der Waals surface area contributed by atoms with Crippen LogP contribution in [0.25, 0.3) is 0 Å². The summed E-state index contributed by atoms with van der Waals surface area (Å²) in [4.78, 5) is 0. The molecule has 0 spiro atoms. The first-order valence-corrected chi connectivity index (χ1v) is 6.76. The van der Waals surface area contributed by atoms with Gasteiger partial charge in [0.25, 0.3) is 0 Å². The lowest BCUT2D eigenvalue weighted by molar-refractivity contribution is 0.0156. The number of nitrogens with two attached hydrogens (primary N) is 1. The van der Waals surface area contributed by atoms with Gasteiger partial charge in [0.1, 0.15) is 5.84 Å². The second-order valence-corrected chi connectivity index (χ2v) is 5.13. The number of benzene rings is 1. The van der Waals surface area contributed by atoms with Crippen LogP contribution in [-0.4, -0.2) is 25.7 Å². The van der Waals surface area contributed by atoms with E-state index in [0.29, 0.717) is 12.5 Å². The normalized spacial score (nSPS) is 16.5. The lowest BCUT2D eigenvalue weighted by Gasteiger charge is -2.22. The Labute approximate surface area is 114 Å². The Balaban J connectivity index is 1.83. The van der Waals surface area contributed by atoms with E-state index < -0.39 is 0 Å². The monoisotopic (exact) mass is 262 g/mol. The predicted octanol–water partition coefficient (Wildman–Crippen LogP) is 2.22. The summed E-state index contributed by atoms with van der Waals surface area (Å²) in [6, 6.07) is 5.81. The van der Waals surface area contributed by atoms with Gasteiger partial charge in [0, 0.05) is 18.8 Å². The van der Waals surface area contributed by atoms with Crippen molar-refractivity contribution in [2.24, 2.45) is 11.7 Å². The van der Waals surface area contributed by atoms with E-state index in [9.17, 15) is 0 Å². The Hall–Kier alpha value is -1.39. The zero-order valence-corrected chi connectivity index (χ0v) is 11.4. The van der Waals surface area contributed by atoms with Gasteiger partial charge in [-0.15, -0.1) is 0 Å². The van der Waals surface area contributed by atoms with Crippen LogP contribution in [0.5, 0.6) is 0 Å². The van der Waals surface area contributed by atoms with Crippen LogP contribution in [0.15, 0.2) is 18.2 Å². The van der Waals surface area contributed by atoms with E-state index in [2.05, 4.69) is 0 Å². The standard InChI is InChI=1S/C15H22N2O2/c1-11-8-13(15(16)17)2-3-14(11)10-19-9-12-4-6-18-7-5-12/h2-3,8,12H,4-7,9-10H2,1H3,(H3,16,17). The summed E-state index contributed by atoms with van der Waals surface area (Å²) in [5.41, 5.74) is 8.53. The number of nitrogen functional groups attached to an aromatic ring is 1. The van der Waals surface area contributed by atoms with Crippen molar-refractivity contribution in [2.45, 2.75) is 26.4 Å². The average molecular weight is 262 g/mol. The van der Waals surface area contributed by atoms with E-state index in [4.69, 9.17) is 20.6 Å². The molecule has 0 bridgehead atoms. The highest BCUT2D eigenvalue weighted by Crippen LogP contribution is 2.17. The topological polar surface area (TPSA) is 68.3 Å². The molecule has 0 amide bonds. The van der Waals surface area contributed by atoms with Crippen LogP contribution >= 0.6 is 0 Å². The fraction of sp³-hybridized carbons (Fsp3) is 0.533. The summed E-state index contributed by atoms with van der Waals surface area (Å²) < 4.78 is 11.1. The van der Waals surface area contributed by atoms with Crippen molar-refractivity contribution in [1.82, 2.24) is 0 Å². The van der Waals surface area contributed by atoms with Crippen molar-refractivity contribution in [3.8, 4) is 0 Å². The molecule has 0 atom stereocenters. The first-order chi connectivity index (χ1) is 9.16. The molecule has 0 unspecified atom stereocenters. The highest BCUT2D eigenvalue weighted by atomic mass is 16.5. The quantitative estimate of drug-likeness (QED) is 0.631. The number of hydrogen-bond acceptors (Lipinski definition) is 3. The van der Waals surface area contributed by atoms with Gasteiger partial charge >= 0.3 is 0 Å². The molecule has 1 aliphatic heterocycles. The zero-order valence-electron chi connectivity index (χ0n) is 11.4. The van der Waals surface area contributed by atoms with Crippen LogP contribution in [0.4, 0.5) is 0 Å². The molecule has 19 heavy (non-hydrogen) atoms. The minimum absolute atomic E-state index is 0.109. The third-order valence-electron chi connectivity index (χ3n) is 3.61. The molecule has 1 aromatic rings. The molecule has 0 aromatic heterocycles. The van der Waals surface area contributed by atoms with E-state index in [1.54, 1.807) is 0 Å². The number of nitrogens with one attached hydrogen (secondary N) is 1. The van der Waals surface area contributed by atoms with Crippen LogP contribution in [-0.2, 0) is 16.1 Å². The molecular weight excluding hydrogens is 240 g/mol. The Kier molecular flexibility index (Phi) is 4.93. The number of ether oxygens (including phenoxy) is 2. The fourth-order valence-electron chi connectivity index (χ4n) is 2.27. The summed E-state index contributed by atoms with van der Waals surface area (Å²) in [7, 11) is 0. The van der Waals surface area contributed by atoms with E-state index in [1.807, 2.05) is 25.1 Å². The number of aryl methyl sites for hydroxylation is 1. The van der Waals surface area contributed by atoms with Gasteiger partial charge in [-0.1, -0.05) is 12.1 Å². The van der Waals surface area contributed by atoms with E-state index >= 15 is 0 Å². The predicted molar refractivity (Wildman–Crippen MR) is 75.4 cm³/mol. The molecule has 4 heteroatoms. The SMILES string of the molecule is Cc1cc(C(=N)N)ccc1COCC1CCOCC1. The number of amidine groups is 1. The maximum Gasteiger partial charge on any atom is 0.122 e. The van der Waals surface area contributed by atoms with Crippen LogP contribution in [0.2, 0.25) is 0 Å². The van der Waals surface area contributed by atoms with Crippen LogP contribution < -0.4 is 5.73 Å². The van der Waals surface area contributed by atoms with Gasteiger partial charge in [-0.05, 0) is 42.9 Å². The van der Waals surface area contributed by atoms with Gasteiger partial charge in [-0.25, -0.2) is 0 Å². The lowest BCUT2D eigenvalue weighted by atomic mass is 10.0. The van der Waals surface area contributed by atoms with E-state index in [1.165, 1.54) is 0 Å². The first kappa shape index (κ1) is 14.0. The molecule has 2 rings (SSSR count). The van der Waals surface area contributed by atoms with Crippen molar-refractivity contribution in [2.75, 3.05) is 19.8 Å². The number of rotatable bonds is 5. The van der Waals surface area contributed by atoms with Gasteiger partial charge in [-0.2, -0.15) is 0 Å². The third kappa shape index (κ3) is 4.04. The molecule has 104 valence electrons. The first-order valence-electron chi connectivity index (χ1n) is 6.76. The van der Waals surface area contributed by atoms with Crippen molar-refractivity contribution in [3.63, 3.8) is 0 Å². The minimum Gasteiger partial charge on any atom is -0.384 e. The summed E-state index contributed by atoms with van der Waals surface area (Å²) in [5.74, 6) is 0.739.